The molecule has 2 rings (SSSR count). The number of allylic oxidation sites excluding steroid dienone is 4. The molecule has 116 valence electrons. The van der Waals surface area contributed by atoms with Crippen molar-refractivity contribution in [2.75, 3.05) is 7.05 Å². The van der Waals surface area contributed by atoms with Crippen LogP contribution in [-0.4, -0.2) is 33.5 Å². The van der Waals surface area contributed by atoms with E-state index in [2.05, 4.69) is 10.2 Å². The van der Waals surface area contributed by atoms with Crippen molar-refractivity contribution < 1.29 is 4.79 Å². The second kappa shape index (κ2) is 6.01. The van der Waals surface area contributed by atoms with Crippen molar-refractivity contribution in [2.45, 2.75) is 20.8 Å². The Labute approximate surface area is 129 Å². The molecule has 1 aliphatic heterocycles. The van der Waals surface area contributed by atoms with Gasteiger partial charge in [-0.3, -0.25) is 19.4 Å². The number of rotatable bonds is 3. The SMILES string of the molecule is CC(C=Cc1c(C)[nH]n(C)c1=O)=CC=C1C(=O)N(C)N=C1C. The van der Waals surface area contributed by atoms with Gasteiger partial charge in [-0.05, 0) is 32.9 Å². The highest BCUT2D eigenvalue weighted by molar-refractivity contribution is 6.23. The Morgan fingerprint density at radius 1 is 1.23 bits per heavy atom. The van der Waals surface area contributed by atoms with Crippen LogP contribution < -0.4 is 5.56 Å². The molecule has 0 bridgehead atoms. The predicted octanol–water partition coefficient (Wildman–Crippen LogP) is 1.76. The molecular weight excluding hydrogens is 280 g/mol. The van der Waals surface area contributed by atoms with Gasteiger partial charge in [-0.1, -0.05) is 17.7 Å². The molecule has 1 aliphatic rings. The van der Waals surface area contributed by atoms with Gasteiger partial charge in [-0.15, -0.1) is 0 Å². The molecule has 0 spiro atoms. The first-order chi connectivity index (χ1) is 10.3. The Hall–Kier alpha value is -2.63. The van der Waals surface area contributed by atoms with Crippen molar-refractivity contribution in [3.8, 4) is 0 Å². The van der Waals surface area contributed by atoms with Gasteiger partial charge in [0, 0.05) is 19.8 Å². The van der Waals surface area contributed by atoms with E-state index in [1.54, 1.807) is 33.2 Å². The van der Waals surface area contributed by atoms with E-state index in [0.29, 0.717) is 16.8 Å². The number of nitrogens with one attached hydrogen (secondary N) is 1. The topological polar surface area (TPSA) is 70.5 Å². The Balaban J connectivity index is 2.21. The van der Waals surface area contributed by atoms with Crippen LogP contribution in [0.4, 0.5) is 0 Å². The molecule has 1 amide bonds. The molecule has 0 saturated heterocycles. The first-order valence-electron chi connectivity index (χ1n) is 6.97. The minimum atomic E-state index is -0.110. The van der Waals surface area contributed by atoms with Crippen LogP contribution in [0.5, 0.6) is 0 Å². The highest BCUT2D eigenvalue weighted by Gasteiger charge is 2.23. The molecule has 1 N–H and O–H groups in total. The Bertz CT molecular complexity index is 788. The van der Waals surface area contributed by atoms with Crippen molar-refractivity contribution in [3.05, 3.63) is 51.0 Å². The summed E-state index contributed by atoms with van der Waals surface area (Å²) in [7, 11) is 3.32. The number of hydrazone groups is 1. The second-order valence-corrected chi connectivity index (χ2v) is 5.35. The van der Waals surface area contributed by atoms with Crippen LogP contribution in [0.1, 0.15) is 25.1 Å². The van der Waals surface area contributed by atoms with Gasteiger partial charge in [0.1, 0.15) is 0 Å². The molecule has 0 radical (unpaired) electrons. The normalized spacial score (nSPS) is 18.0. The molecule has 0 aromatic carbocycles. The Morgan fingerprint density at radius 3 is 2.41 bits per heavy atom. The summed E-state index contributed by atoms with van der Waals surface area (Å²) in [4.78, 5) is 23.7. The van der Waals surface area contributed by atoms with Gasteiger partial charge < -0.3 is 0 Å². The minimum Gasteiger partial charge on any atom is -0.300 e. The quantitative estimate of drug-likeness (QED) is 0.682. The summed E-state index contributed by atoms with van der Waals surface area (Å²) in [5, 5.41) is 8.36. The molecule has 2 heterocycles. The number of carbonyl (C=O) groups excluding carboxylic acids is 1. The van der Waals surface area contributed by atoms with Gasteiger partial charge in [0.25, 0.3) is 11.5 Å². The summed E-state index contributed by atoms with van der Waals surface area (Å²) in [5.74, 6) is -0.110. The summed E-state index contributed by atoms with van der Waals surface area (Å²) in [6, 6.07) is 0. The third kappa shape index (κ3) is 3.00. The van der Waals surface area contributed by atoms with Gasteiger partial charge >= 0.3 is 0 Å². The maximum absolute atomic E-state index is 11.9. The van der Waals surface area contributed by atoms with E-state index in [9.17, 15) is 9.59 Å². The summed E-state index contributed by atoms with van der Waals surface area (Å²) in [5.41, 5.74) is 3.63. The van der Waals surface area contributed by atoms with Crippen molar-refractivity contribution in [1.82, 2.24) is 14.8 Å². The fourth-order valence-corrected chi connectivity index (χ4v) is 2.23. The van der Waals surface area contributed by atoms with Crippen LogP contribution in [0.3, 0.4) is 0 Å². The number of aromatic nitrogens is 2. The van der Waals surface area contributed by atoms with Crippen LogP contribution in [0.2, 0.25) is 0 Å². The van der Waals surface area contributed by atoms with Crippen LogP contribution >= 0.6 is 0 Å². The van der Waals surface area contributed by atoms with E-state index in [1.807, 2.05) is 26.0 Å². The fourth-order valence-electron chi connectivity index (χ4n) is 2.23. The highest BCUT2D eigenvalue weighted by atomic mass is 16.2. The average Bonchev–Trinajstić information content (AvgIpc) is 2.83. The lowest BCUT2D eigenvalue weighted by Gasteiger charge is -2.00. The molecule has 0 unspecified atom stereocenters. The maximum atomic E-state index is 11.9. The molecule has 0 saturated carbocycles. The number of hydrogen-bond acceptors (Lipinski definition) is 3. The fraction of sp³-hybridized carbons (Fsp3) is 0.312. The van der Waals surface area contributed by atoms with E-state index in [-0.39, 0.29) is 11.5 Å². The van der Waals surface area contributed by atoms with Crippen LogP contribution in [0.25, 0.3) is 6.08 Å². The van der Waals surface area contributed by atoms with Crippen LogP contribution in [-0.2, 0) is 11.8 Å². The number of carbonyl (C=O) groups is 1. The maximum Gasteiger partial charge on any atom is 0.275 e. The van der Waals surface area contributed by atoms with E-state index in [1.165, 1.54) is 9.69 Å². The third-order valence-electron chi connectivity index (χ3n) is 3.51. The van der Waals surface area contributed by atoms with Gasteiger partial charge in [-0.2, -0.15) is 5.10 Å². The number of hydrogen-bond donors (Lipinski definition) is 1. The number of amides is 1. The summed E-state index contributed by atoms with van der Waals surface area (Å²) in [6.45, 7) is 5.57. The van der Waals surface area contributed by atoms with E-state index < -0.39 is 0 Å². The molecule has 0 atom stereocenters. The lowest BCUT2D eigenvalue weighted by atomic mass is 10.1. The predicted molar refractivity (Wildman–Crippen MR) is 87.5 cm³/mol. The lowest BCUT2D eigenvalue weighted by Crippen LogP contribution is -2.16. The average molecular weight is 300 g/mol. The number of nitrogens with zero attached hydrogens (tertiary/aromatic N) is 3. The van der Waals surface area contributed by atoms with Crippen molar-refractivity contribution >= 4 is 17.7 Å². The van der Waals surface area contributed by atoms with Crippen molar-refractivity contribution in [2.24, 2.45) is 12.1 Å². The monoisotopic (exact) mass is 300 g/mol. The second-order valence-electron chi connectivity index (χ2n) is 5.35. The summed E-state index contributed by atoms with van der Waals surface area (Å²) < 4.78 is 1.45. The molecule has 6 nitrogen and oxygen atoms in total. The van der Waals surface area contributed by atoms with Crippen LogP contribution in [0.15, 0.2) is 39.3 Å². The number of aromatic amines is 1. The zero-order chi connectivity index (χ0) is 16.4. The van der Waals surface area contributed by atoms with Crippen molar-refractivity contribution in [3.63, 3.8) is 0 Å². The highest BCUT2D eigenvalue weighted by Crippen LogP contribution is 2.13. The van der Waals surface area contributed by atoms with Gasteiger partial charge in [0.15, 0.2) is 0 Å². The lowest BCUT2D eigenvalue weighted by molar-refractivity contribution is -0.124. The molecular formula is C16H20N4O2. The van der Waals surface area contributed by atoms with Crippen molar-refractivity contribution in [1.29, 1.82) is 0 Å². The minimum absolute atomic E-state index is 0.0597. The Morgan fingerprint density at radius 2 is 1.91 bits per heavy atom. The van der Waals surface area contributed by atoms with Crippen LogP contribution in [0, 0.1) is 6.92 Å². The first-order valence-corrected chi connectivity index (χ1v) is 6.97. The van der Waals surface area contributed by atoms with E-state index >= 15 is 0 Å². The third-order valence-corrected chi connectivity index (χ3v) is 3.51. The smallest absolute Gasteiger partial charge is 0.275 e. The standard InChI is InChI=1S/C16H20N4O2/c1-10(6-8-13-11(2)17-19(4)15(13)21)7-9-14-12(3)18-20(5)16(14)22/h6-9,17H,1-5H3. The zero-order valence-electron chi connectivity index (χ0n) is 13.5. The van der Waals surface area contributed by atoms with E-state index in [0.717, 1.165) is 11.3 Å². The van der Waals surface area contributed by atoms with Gasteiger partial charge in [0.05, 0.1) is 16.8 Å². The summed E-state index contributed by atoms with van der Waals surface area (Å²) in [6.07, 6.45) is 7.23. The zero-order valence-corrected chi connectivity index (χ0v) is 13.5. The first kappa shape index (κ1) is 15.8. The number of likely N-dealkylation sites (N-methyl/N-ethyl adjacent to an activating group) is 1. The van der Waals surface area contributed by atoms with Gasteiger partial charge in [-0.25, -0.2) is 5.01 Å². The molecule has 1 aromatic rings. The molecule has 0 aliphatic carbocycles. The summed E-state index contributed by atoms with van der Waals surface area (Å²) >= 11 is 0. The largest absolute Gasteiger partial charge is 0.300 e. The molecule has 22 heavy (non-hydrogen) atoms. The number of aryl methyl sites for hydroxylation is 2. The number of H-pyrrole nitrogens is 1. The van der Waals surface area contributed by atoms with E-state index in [4.69, 9.17) is 0 Å². The molecule has 0 fully saturated rings. The molecule has 6 heteroatoms. The molecule has 1 aromatic heterocycles. The Kier molecular flexibility index (Phi) is 4.30. The van der Waals surface area contributed by atoms with Gasteiger partial charge in [0.2, 0.25) is 0 Å².